The van der Waals surface area contributed by atoms with Crippen LogP contribution in [-0.2, 0) is 0 Å². The van der Waals surface area contributed by atoms with Gasteiger partial charge in [-0.2, -0.15) is 0 Å². The minimum absolute atomic E-state index is 0.919. The van der Waals surface area contributed by atoms with Gasteiger partial charge in [-0.1, -0.05) is 97.1 Å². The molecule has 0 radical (unpaired) electrons. The summed E-state index contributed by atoms with van der Waals surface area (Å²) in [5.74, 6) is 0. The molecule has 0 amide bonds. The van der Waals surface area contributed by atoms with Gasteiger partial charge in [-0.15, -0.1) is 0 Å². The zero-order chi connectivity index (χ0) is 24.3. The van der Waals surface area contributed by atoms with E-state index in [4.69, 9.17) is 4.42 Å². The highest BCUT2D eigenvalue weighted by atomic mass is 16.3. The van der Waals surface area contributed by atoms with Crippen LogP contribution in [0.4, 0.5) is 0 Å². The molecule has 0 aliphatic rings. The van der Waals surface area contributed by atoms with Crippen molar-refractivity contribution in [3.63, 3.8) is 0 Å². The predicted molar refractivity (Wildman–Crippen MR) is 155 cm³/mol. The van der Waals surface area contributed by atoms with Crippen molar-refractivity contribution in [2.45, 2.75) is 0 Å². The number of nitrogens with zero attached hydrogens (tertiary/aromatic N) is 1. The molecule has 0 fully saturated rings. The van der Waals surface area contributed by atoms with Crippen molar-refractivity contribution >= 4 is 54.3 Å². The first-order chi connectivity index (χ1) is 18.4. The molecule has 0 atom stereocenters. The number of furan rings is 1. The first-order valence-electron chi connectivity index (χ1n) is 12.5. The van der Waals surface area contributed by atoms with Crippen LogP contribution in [0.25, 0.3) is 76.5 Å². The van der Waals surface area contributed by atoms with Crippen LogP contribution >= 0.6 is 0 Å². The molecular formula is C35H21NO. The Kier molecular flexibility index (Phi) is 4.26. The lowest BCUT2D eigenvalue weighted by atomic mass is 9.90. The first-order valence-corrected chi connectivity index (χ1v) is 12.5. The second kappa shape index (κ2) is 7.78. The van der Waals surface area contributed by atoms with E-state index in [0.717, 1.165) is 22.3 Å². The largest absolute Gasteiger partial charge is 0.455 e. The summed E-state index contributed by atoms with van der Waals surface area (Å²) in [7, 11) is 0. The van der Waals surface area contributed by atoms with E-state index in [-0.39, 0.29) is 0 Å². The summed E-state index contributed by atoms with van der Waals surface area (Å²) in [6.07, 6.45) is 3.75. The van der Waals surface area contributed by atoms with Crippen LogP contribution in [0.1, 0.15) is 0 Å². The van der Waals surface area contributed by atoms with Crippen LogP contribution in [0.15, 0.2) is 132 Å². The van der Waals surface area contributed by atoms with Crippen LogP contribution in [-0.4, -0.2) is 4.98 Å². The van der Waals surface area contributed by atoms with E-state index in [2.05, 4.69) is 114 Å². The lowest BCUT2D eigenvalue weighted by Crippen LogP contribution is -1.88. The summed E-state index contributed by atoms with van der Waals surface area (Å²) >= 11 is 0. The number of aromatic nitrogens is 1. The Morgan fingerprint density at radius 2 is 1.16 bits per heavy atom. The lowest BCUT2D eigenvalue weighted by Gasteiger charge is -2.13. The molecule has 8 rings (SSSR count). The van der Waals surface area contributed by atoms with Gasteiger partial charge < -0.3 is 4.42 Å². The molecule has 2 aromatic heterocycles. The van der Waals surface area contributed by atoms with Crippen LogP contribution < -0.4 is 0 Å². The zero-order valence-corrected chi connectivity index (χ0v) is 20.0. The Hall–Kier alpha value is -4.95. The van der Waals surface area contributed by atoms with E-state index >= 15 is 0 Å². The summed E-state index contributed by atoms with van der Waals surface area (Å²) in [4.78, 5) is 4.36. The topological polar surface area (TPSA) is 26.0 Å². The van der Waals surface area contributed by atoms with Crippen LogP contribution in [0.5, 0.6) is 0 Å². The average Bonchev–Trinajstić information content (AvgIpc) is 3.37. The second-order valence-electron chi connectivity index (χ2n) is 9.56. The van der Waals surface area contributed by atoms with Gasteiger partial charge in [0.25, 0.3) is 0 Å². The summed E-state index contributed by atoms with van der Waals surface area (Å²) < 4.78 is 6.71. The molecule has 0 aliphatic carbocycles. The average molecular weight is 472 g/mol. The van der Waals surface area contributed by atoms with Gasteiger partial charge >= 0.3 is 0 Å². The fourth-order valence-electron chi connectivity index (χ4n) is 5.90. The van der Waals surface area contributed by atoms with Crippen molar-refractivity contribution in [2.24, 2.45) is 0 Å². The van der Waals surface area contributed by atoms with Crippen LogP contribution in [0.3, 0.4) is 0 Å². The van der Waals surface area contributed by atoms with Crippen molar-refractivity contribution in [1.82, 2.24) is 4.98 Å². The fraction of sp³-hybridized carbons (Fsp3) is 0. The molecule has 2 nitrogen and oxygen atoms in total. The van der Waals surface area contributed by atoms with Gasteiger partial charge in [-0.25, -0.2) is 0 Å². The minimum atomic E-state index is 0.919. The third-order valence-electron chi connectivity index (χ3n) is 7.54. The maximum Gasteiger partial charge on any atom is 0.143 e. The van der Waals surface area contributed by atoms with Gasteiger partial charge in [0, 0.05) is 34.3 Å². The SMILES string of the molecule is c1cncc(-c2ccc(-c3cc4ccccc4c4c3oc3ccc5ccccc5c34)c3ccccc23)c1. The number of hydrogen-bond donors (Lipinski definition) is 0. The van der Waals surface area contributed by atoms with Gasteiger partial charge in [-0.3, -0.25) is 4.98 Å². The Morgan fingerprint density at radius 1 is 0.486 bits per heavy atom. The molecule has 37 heavy (non-hydrogen) atoms. The Labute approximate surface area is 213 Å². The van der Waals surface area contributed by atoms with Gasteiger partial charge in [-0.05, 0) is 61.6 Å². The molecule has 0 N–H and O–H groups in total. The normalized spacial score (nSPS) is 11.8. The van der Waals surface area contributed by atoms with Crippen LogP contribution in [0, 0.1) is 0 Å². The summed E-state index contributed by atoms with van der Waals surface area (Å²) in [5, 5.41) is 9.63. The number of rotatable bonds is 2. The van der Waals surface area contributed by atoms with E-state index in [1.165, 1.54) is 54.2 Å². The van der Waals surface area contributed by atoms with E-state index in [9.17, 15) is 0 Å². The van der Waals surface area contributed by atoms with Crippen molar-refractivity contribution in [1.29, 1.82) is 0 Å². The first kappa shape index (κ1) is 20.3. The third kappa shape index (κ3) is 2.96. The Morgan fingerprint density at radius 3 is 1.95 bits per heavy atom. The Balaban J connectivity index is 1.53. The molecule has 0 saturated heterocycles. The van der Waals surface area contributed by atoms with E-state index < -0.39 is 0 Å². The smallest absolute Gasteiger partial charge is 0.143 e. The van der Waals surface area contributed by atoms with Crippen molar-refractivity contribution < 1.29 is 4.42 Å². The van der Waals surface area contributed by atoms with Gasteiger partial charge in [0.2, 0.25) is 0 Å². The van der Waals surface area contributed by atoms with E-state index in [0.29, 0.717) is 0 Å². The standard InChI is InChI=1S/C35H21NO/c1-3-11-26-22(8-1)15-18-32-33(26)34-27-12-4-2-9-23(27)20-31(35(34)37-32)30-17-16-25(24-10-7-19-36-21-24)28-13-5-6-14-29(28)30/h1-21H. The molecule has 0 aliphatic heterocycles. The monoisotopic (exact) mass is 471 g/mol. The quantitative estimate of drug-likeness (QED) is 0.251. The molecule has 0 bridgehead atoms. The van der Waals surface area contributed by atoms with E-state index in [1.807, 2.05) is 18.5 Å². The highest BCUT2D eigenvalue weighted by Crippen LogP contribution is 2.45. The molecule has 2 heterocycles. The number of fused-ring (bicyclic) bond motifs is 8. The number of hydrogen-bond acceptors (Lipinski definition) is 2. The second-order valence-corrected chi connectivity index (χ2v) is 9.56. The maximum atomic E-state index is 6.71. The van der Waals surface area contributed by atoms with Crippen molar-refractivity contribution in [3.8, 4) is 22.3 Å². The molecule has 8 aromatic rings. The Bertz CT molecular complexity index is 2140. The number of benzene rings is 6. The van der Waals surface area contributed by atoms with E-state index in [1.54, 1.807) is 0 Å². The highest BCUT2D eigenvalue weighted by molar-refractivity contribution is 6.29. The highest BCUT2D eigenvalue weighted by Gasteiger charge is 2.19. The molecule has 0 spiro atoms. The van der Waals surface area contributed by atoms with Gasteiger partial charge in [0.15, 0.2) is 0 Å². The maximum absolute atomic E-state index is 6.71. The zero-order valence-electron chi connectivity index (χ0n) is 20.0. The summed E-state index contributed by atoms with van der Waals surface area (Å²) in [6.45, 7) is 0. The van der Waals surface area contributed by atoms with Gasteiger partial charge in [0.05, 0.1) is 0 Å². The minimum Gasteiger partial charge on any atom is -0.455 e. The predicted octanol–water partition coefficient (Wildman–Crippen LogP) is 9.77. The molecule has 2 heteroatoms. The fourth-order valence-corrected chi connectivity index (χ4v) is 5.90. The van der Waals surface area contributed by atoms with Crippen LogP contribution in [0.2, 0.25) is 0 Å². The van der Waals surface area contributed by atoms with Gasteiger partial charge in [0.1, 0.15) is 11.2 Å². The summed E-state index contributed by atoms with van der Waals surface area (Å²) in [6, 6.07) is 41.0. The summed E-state index contributed by atoms with van der Waals surface area (Å²) in [5.41, 5.74) is 6.43. The molecule has 0 saturated carbocycles. The van der Waals surface area contributed by atoms with Crippen molar-refractivity contribution in [3.05, 3.63) is 128 Å². The molecule has 6 aromatic carbocycles. The van der Waals surface area contributed by atoms with Crippen molar-refractivity contribution in [2.75, 3.05) is 0 Å². The lowest BCUT2D eigenvalue weighted by molar-refractivity contribution is 0.670. The molecule has 172 valence electrons. The molecular weight excluding hydrogens is 450 g/mol. The number of pyridine rings is 1. The molecule has 0 unspecified atom stereocenters. The third-order valence-corrected chi connectivity index (χ3v) is 7.54.